The second kappa shape index (κ2) is 4.01. The molecule has 0 spiro atoms. The van der Waals surface area contributed by atoms with Crippen LogP contribution in [0.3, 0.4) is 0 Å². The fourth-order valence-corrected chi connectivity index (χ4v) is 2.52. The monoisotopic (exact) mass is 224 g/mol. The molecule has 0 heterocycles. The van der Waals surface area contributed by atoms with Crippen LogP contribution in [0, 0.1) is 5.92 Å². The van der Waals surface area contributed by atoms with E-state index in [1.807, 2.05) is 60.7 Å². The summed E-state index contributed by atoms with van der Waals surface area (Å²) in [6.45, 7) is 0. The Bertz CT molecular complexity index is 446. The molecule has 1 saturated carbocycles. The zero-order valence-corrected chi connectivity index (χ0v) is 9.71. The lowest BCUT2D eigenvalue weighted by atomic mass is 9.82. The van der Waals surface area contributed by atoms with Gasteiger partial charge in [-0.25, -0.2) is 0 Å². The van der Waals surface area contributed by atoms with Crippen LogP contribution < -0.4 is 0 Å². The van der Waals surface area contributed by atoms with Gasteiger partial charge in [-0.2, -0.15) is 0 Å². The fraction of sp³-hybridized carbons (Fsp3) is 0.250. The van der Waals surface area contributed by atoms with Crippen LogP contribution in [-0.2, 0) is 5.60 Å². The summed E-state index contributed by atoms with van der Waals surface area (Å²) in [6.07, 6.45) is 2.22. The van der Waals surface area contributed by atoms with Gasteiger partial charge in [-0.15, -0.1) is 0 Å². The van der Waals surface area contributed by atoms with Gasteiger partial charge in [-0.3, -0.25) is 0 Å². The SMILES string of the molecule is OC(c1ccccc1)(c1ccccc1)C1CC1. The normalized spacial score (nSPS) is 15.8. The molecule has 0 aliphatic heterocycles. The standard InChI is InChI=1S/C16H16O/c17-16(15-11-12-15,13-7-3-1-4-8-13)14-9-5-2-6-10-14/h1-10,15,17H,11-12H2. The van der Waals surface area contributed by atoms with Gasteiger partial charge in [0.25, 0.3) is 0 Å². The highest BCUT2D eigenvalue weighted by Crippen LogP contribution is 2.49. The van der Waals surface area contributed by atoms with Crippen LogP contribution in [0.4, 0.5) is 0 Å². The molecular weight excluding hydrogens is 208 g/mol. The largest absolute Gasteiger partial charge is 0.380 e. The maximum Gasteiger partial charge on any atom is 0.117 e. The highest BCUT2D eigenvalue weighted by molar-refractivity contribution is 5.38. The number of benzene rings is 2. The minimum absolute atomic E-state index is 0.368. The molecule has 3 rings (SSSR count). The van der Waals surface area contributed by atoms with Crippen LogP contribution in [0.15, 0.2) is 60.7 Å². The highest BCUT2D eigenvalue weighted by atomic mass is 16.3. The van der Waals surface area contributed by atoms with E-state index in [1.165, 1.54) is 0 Å². The van der Waals surface area contributed by atoms with Crippen molar-refractivity contribution in [3.63, 3.8) is 0 Å². The predicted molar refractivity (Wildman–Crippen MR) is 68.6 cm³/mol. The Hall–Kier alpha value is -1.60. The zero-order chi connectivity index (χ0) is 11.7. The Morgan fingerprint density at radius 2 is 1.18 bits per heavy atom. The maximum absolute atomic E-state index is 11.1. The summed E-state index contributed by atoms with van der Waals surface area (Å²) in [5, 5.41) is 11.1. The Labute approximate surface area is 102 Å². The minimum Gasteiger partial charge on any atom is -0.380 e. The molecule has 0 amide bonds. The van der Waals surface area contributed by atoms with Crippen molar-refractivity contribution in [2.24, 2.45) is 5.92 Å². The van der Waals surface area contributed by atoms with Gasteiger partial charge in [0.2, 0.25) is 0 Å². The molecule has 0 bridgehead atoms. The zero-order valence-electron chi connectivity index (χ0n) is 9.71. The topological polar surface area (TPSA) is 20.2 Å². The summed E-state index contributed by atoms with van der Waals surface area (Å²) in [4.78, 5) is 0. The van der Waals surface area contributed by atoms with Crippen molar-refractivity contribution in [2.75, 3.05) is 0 Å². The number of hydrogen-bond donors (Lipinski definition) is 1. The lowest BCUT2D eigenvalue weighted by molar-refractivity contribution is 0.0564. The molecule has 1 aliphatic rings. The van der Waals surface area contributed by atoms with Gasteiger partial charge in [0, 0.05) is 0 Å². The molecule has 0 saturated heterocycles. The number of rotatable bonds is 3. The summed E-state index contributed by atoms with van der Waals surface area (Å²) >= 11 is 0. The highest BCUT2D eigenvalue weighted by Gasteiger charge is 2.46. The Kier molecular flexibility index (Phi) is 2.49. The quantitative estimate of drug-likeness (QED) is 0.847. The number of hydrogen-bond acceptors (Lipinski definition) is 1. The van der Waals surface area contributed by atoms with Crippen LogP contribution in [0.2, 0.25) is 0 Å². The van der Waals surface area contributed by atoms with E-state index in [9.17, 15) is 5.11 Å². The summed E-state index contributed by atoms with van der Waals surface area (Å²) in [5.74, 6) is 0.368. The average Bonchev–Trinajstić information content (AvgIpc) is 3.24. The van der Waals surface area contributed by atoms with Crippen molar-refractivity contribution in [3.8, 4) is 0 Å². The van der Waals surface area contributed by atoms with Crippen LogP contribution >= 0.6 is 0 Å². The van der Waals surface area contributed by atoms with Gasteiger partial charge in [0.15, 0.2) is 0 Å². The predicted octanol–water partition coefficient (Wildman–Crippen LogP) is 3.33. The van der Waals surface area contributed by atoms with E-state index in [1.54, 1.807) is 0 Å². The van der Waals surface area contributed by atoms with Gasteiger partial charge in [0.1, 0.15) is 5.60 Å². The van der Waals surface area contributed by atoms with E-state index >= 15 is 0 Å². The summed E-state index contributed by atoms with van der Waals surface area (Å²) in [7, 11) is 0. The van der Waals surface area contributed by atoms with Crippen LogP contribution in [0.25, 0.3) is 0 Å². The third-order valence-corrected chi connectivity index (χ3v) is 3.60. The molecule has 1 fully saturated rings. The molecular formula is C16H16O. The molecule has 17 heavy (non-hydrogen) atoms. The third kappa shape index (κ3) is 1.77. The van der Waals surface area contributed by atoms with Crippen molar-refractivity contribution in [1.29, 1.82) is 0 Å². The molecule has 0 unspecified atom stereocenters. The second-order valence-corrected chi connectivity index (χ2v) is 4.77. The van der Waals surface area contributed by atoms with E-state index in [-0.39, 0.29) is 0 Å². The van der Waals surface area contributed by atoms with Gasteiger partial charge in [-0.1, -0.05) is 60.7 Å². The molecule has 0 radical (unpaired) electrons. The summed E-state index contributed by atoms with van der Waals surface area (Å²) < 4.78 is 0. The lowest BCUT2D eigenvalue weighted by Gasteiger charge is -2.29. The van der Waals surface area contributed by atoms with Gasteiger partial charge in [0.05, 0.1) is 0 Å². The minimum atomic E-state index is -0.803. The molecule has 0 atom stereocenters. The van der Waals surface area contributed by atoms with Crippen molar-refractivity contribution in [1.82, 2.24) is 0 Å². The lowest BCUT2D eigenvalue weighted by Crippen LogP contribution is -2.29. The molecule has 1 aliphatic carbocycles. The molecule has 2 aromatic carbocycles. The summed E-state index contributed by atoms with van der Waals surface area (Å²) in [6, 6.07) is 20.0. The molecule has 1 N–H and O–H groups in total. The van der Waals surface area contributed by atoms with Crippen LogP contribution in [-0.4, -0.2) is 5.11 Å². The molecule has 1 nitrogen and oxygen atoms in total. The Morgan fingerprint density at radius 3 is 1.53 bits per heavy atom. The first kappa shape index (κ1) is 10.5. The van der Waals surface area contributed by atoms with Gasteiger partial charge >= 0.3 is 0 Å². The third-order valence-electron chi connectivity index (χ3n) is 3.60. The molecule has 86 valence electrons. The Balaban J connectivity index is 2.11. The van der Waals surface area contributed by atoms with E-state index < -0.39 is 5.60 Å². The van der Waals surface area contributed by atoms with Gasteiger partial charge in [-0.05, 0) is 29.9 Å². The molecule has 0 aromatic heterocycles. The van der Waals surface area contributed by atoms with Crippen LogP contribution in [0.1, 0.15) is 24.0 Å². The van der Waals surface area contributed by atoms with Crippen molar-refractivity contribution in [3.05, 3.63) is 71.8 Å². The summed E-state index contributed by atoms with van der Waals surface area (Å²) in [5.41, 5.74) is 1.21. The van der Waals surface area contributed by atoms with Crippen LogP contribution in [0.5, 0.6) is 0 Å². The van der Waals surface area contributed by atoms with E-state index in [4.69, 9.17) is 0 Å². The van der Waals surface area contributed by atoms with Crippen molar-refractivity contribution < 1.29 is 5.11 Å². The fourth-order valence-electron chi connectivity index (χ4n) is 2.52. The van der Waals surface area contributed by atoms with E-state index in [0.29, 0.717) is 5.92 Å². The first-order valence-electron chi connectivity index (χ1n) is 6.15. The smallest absolute Gasteiger partial charge is 0.117 e. The van der Waals surface area contributed by atoms with Crippen molar-refractivity contribution >= 4 is 0 Å². The maximum atomic E-state index is 11.1. The molecule has 1 heteroatoms. The van der Waals surface area contributed by atoms with E-state index in [2.05, 4.69) is 0 Å². The first-order valence-corrected chi connectivity index (χ1v) is 6.15. The molecule has 2 aromatic rings. The van der Waals surface area contributed by atoms with Gasteiger partial charge < -0.3 is 5.11 Å². The first-order chi connectivity index (χ1) is 8.32. The van der Waals surface area contributed by atoms with Crippen molar-refractivity contribution in [2.45, 2.75) is 18.4 Å². The van der Waals surface area contributed by atoms with E-state index in [0.717, 1.165) is 24.0 Å². The second-order valence-electron chi connectivity index (χ2n) is 4.77. The average molecular weight is 224 g/mol. The Morgan fingerprint density at radius 1 is 0.765 bits per heavy atom. The number of aliphatic hydroxyl groups is 1.